The Bertz CT molecular complexity index is 580. The number of para-hydroxylation sites is 1. The minimum Gasteiger partial charge on any atom is -0.325 e. The van der Waals surface area contributed by atoms with E-state index >= 15 is 0 Å². The summed E-state index contributed by atoms with van der Waals surface area (Å²) in [4.78, 5) is 13.5. The van der Waals surface area contributed by atoms with Crippen molar-refractivity contribution in [3.8, 4) is 6.07 Å². The van der Waals surface area contributed by atoms with Gasteiger partial charge in [0.1, 0.15) is 6.07 Å². The minimum absolute atomic E-state index is 0.0834. The summed E-state index contributed by atoms with van der Waals surface area (Å²) in [5, 5.41) is 11.6. The van der Waals surface area contributed by atoms with Crippen LogP contribution in [0.3, 0.4) is 0 Å². The van der Waals surface area contributed by atoms with Crippen LogP contribution >= 0.6 is 0 Å². The van der Waals surface area contributed by atoms with Crippen LogP contribution < -0.4 is 5.32 Å². The van der Waals surface area contributed by atoms with Gasteiger partial charge in [0.05, 0.1) is 23.7 Å². The fourth-order valence-corrected chi connectivity index (χ4v) is 2.59. The van der Waals surface area contributed by atoms with Crippen molar-refractivity contribution in [2.75, 3.05) is 25.0 Å². The van der Waals surface area contributed by atoms with Crippen LogP contribution in [0.5, 0.6) is 0 Å². The highest BCUT2D eigenvalue weighted by Crippen LogP contribution is 2.24. The number of carbonyl (C=O) groups is 1. The summed E-state index contributed by atoms with van der Waals surface area (Å²) in [6, 6.07) is 8.52. The largest absolute Gasteiger partial charge is 0.401 e. The minimum atomic E-state index is -4.26. The Kier molecular flexibility index (Phi) is 5.03. The van der Waals surface area contributed by atoms with E-state index in [-0.39, 0.29) is 12.5 Å². The second-order valence-corrected chi connectivity index (χ2v) is 5.34. The Hall–Kier alpha value is -2.07. The van der Waals surface area contributed by atoms with Crippen molar-refractivity contribution in [3.05, 3.63) is 29.8 Å². The van der Waals surface area contributed by atoms with Crippen LogP contribution in [0.2, 0.25) is 0 Å². The highest BCUT2D eigenvalue weighted by molar-refractivity contribution is 5.94. The average Bonchev–Trinajstić information content (AvgIpc) is 2.46. The van der Waals surface area contributed by atoms with E-state index in [2.05, 4.69) is 5.32 Å². The SMILES string of the molecule is N#Cc1ccccc1NC(=O)C1CCCN(CC(F)(F)F)C1. The molecule has 0 radical (unpaired) electrons. The lowest BCUT2D eigenvalue weighted by molar-refractivity contribution is -0.151. The molecule has 1 aromatic rings. The number of benzene rings is 1. The molecular formula is C15H16F3N3O. The Morgan fingerprint density at radius 2 is 2.14 bits per heavy atom. The summed E-state index contributed by atoms with van der Waals surface area (Å²) in [6.45, 7) is -0.566. The lowest BCUT2D eigenvalue weighted by Gasteiger charge is -2.32. The van der Waals surface area contributed by atoms with Crippen molar-refractivity contribution in [1.29, 1.82) is 5.26 Å². The molecule has 1 aliphatic heterocycles. The Balaban J connectivity index is 1.99. The van der Waals surface area contributed by atoms with Gasteiger partial charge in [0.25, 0.3) is 0 Å². The van der Waals surface area contributed by atoms with Crippen LogP contribution in [0.4, 0.5) is 18.9 Å². The number of carbonyl (C=O) groups excluding carboxylic acids is 1. The van der Waals surface area contributed by atoms with Crippen molar-refractivity contribution in [1.82, 2.24) is 4.90 Å². The fourth-order valence-electron chi connectivity index (χ4n) is 2.59. The predicted octanol–water partition coefficient (Wildman–Crippen LogP) is 2.77. The Morgan fingerprint density at radius 3 is 2.82 bits per heavy atom. The van der Waals surface area contributed by atoms with Gasteiger partial charge in [-0.05, 0) is 31.5 Å². The maximum atomic E-state index is 12.4. The Labute approximate surface area is 126 Å². The van der Waals surface area contributed by atoms with E-state index in [1.54, 1.807) is 24.3 Å². The van der Waals surface area contributed by atoms with Gasteiger partial charge < -0.3 is 5.32 Å². The normalized spacial score (nSPS) is 19.5. The first kappa shape index (κ1) is 16.3. The number of hydrogen-bond donors (Lipinski definition) is 1. The molecule has 0 saturated carbocycles. The van der Waals surface area contributed by atoms with Crippen molar-refractivity contribution in [2.24, 2.45) is 5.92 Å². The van der Waals surface area contributed by atoms with Gasteiger partial charge in [-0.25, -0.2) is 0 Å². The first-order valence-electron chi connectivity index (χ1n) is 6.98. The molecule has 0 aromatic heterocycles. The van der Waals surface area contributed by atoms with Gasteiger partial charge in [-0.3, -0.25) is 9.69 Å². The zero-order valence-electron chi connectivity index (χ0n) is 11.9. The lowest BCUT2D eigenvalue weighted by atomic mass is 9.97. The number of nitrogens with zero attached hydrogens (tertiary/aromatic N) is 2. The molecule has 1 fully saturated rings. The van der Waals surface area contributed by atoms with E-state index < -0.39 is 18.6 Å². The highest BCUT2D eigenvalue weighted by Gasteiger charge is 2.34. The molecule has 118 valence electrons. The third kappa shape index (κ3) is 4.46. The molecule has 1 saturated heterocycles. The average molecular weight is 311 g/mol. The van der Waals surface area contributed by atoms with Gasteiger partial charge >= 0.3 is 6.18 Å². The molecule has 0 bridgehead atoms. The standard InChI is InChI=1S/C15H16F3N3O/c16-15(17,18)10-21-7-3-5-12(9-21)14(22)20-13-6-2-1-4-11(13)8-19/h1-2,4,6,12H,3,5,7,9-10H2,(H,20,22). The molecule has 0 aliphatic carbocycles. The number of hydrogen-bond acceptors (Lipinski definition) is 3. The third-order valence-electron chi connectivity index (χ3n) is 3.58. The topological polar surface area (TPSA) is 56.1 Å². The number of anilines is 1. The summed E-state index contributed by atoms with van der Waals surface area (Å²) < 4.78 is 37.3. The van der Waals surface area contributed by atoms with Crippen molar-refractivity contribution < 1.29 is 18.0 Å². The van der Waals surface area contributed by atoms with Gasteiger partial charge in [0.15, 0.2) is 0 Å². The molecule has 7 heteroatoms. The van der Waals surface area contributed by atoms with Gasteiger partial charge in [0, 0.05) is 6.54 Å². The number of nitriles is 1. The molecule has 1 N–H and O–H groups in total. The van der Waals surface area contributed by atoms with Gasteiger partial charge in [-0.2, -0.15) is 18.4 Å². The van der Waals surface area contributed by atoms with E-state index in [9.17, 15) is 18.0 Å². The zero-order chi connectivity index (χ0) is 16.2. The summed E-state index contributed by atoms with van der Waals surface area (Å²) >= 11 is 0. The number of alkyl halides is 3. The number of amides is 1. The molecule has 1 aliphatic rings. The van der Waals surface area contributed by atoms with Gasteiger partial charge in [0.2, 0.25) is 5.91 Å². The molecule has 0 spiro atoms. The van der Waals surface area contributed by atoms with Crippen LogP contribution in [-0.4, -0.2) is 36.6 Å². The monoisotopic (exact) mass is 311 g/mol. The van der Waals surface area contributed by atoms with Crippen molar-refractivity contribution >= 4 is 11.6 Å². The molecule has 1 amide bonds. The van der Waals surface area contributed by atoms with Crippen LogP contribution in [0, 0.1) is 17.2 Å². The Morgan fingerprint density at radius 1 is 1.41 bits per heavy atom. The second kappa shape index (κ2) is 6.79. The summed E-state index contributed by atoms with van der Waals surface area (Å²) in [5.41, 5.74) is 0.724. The molecule has 4 nitrogen and oxygen atoms in total. The molecular weight excluding hydrogens is 295 g/mol. The van der Waals surface area contributed by atoms with Crippen molar-refractivity contribution in [3.63, 3.8) is 0 Å². The molecule has 1 heterocycles. The maximum Gasteiger partial charge on any atom is 0.401 e. The molecule has 1 unspecified atom stereocenters. The van der Waals surface area contributed by atoms with E-state index in [0.29, 0.717) is 30.6 Å². The maximum absolute atomic E-state index is 12.4. The van der Waals surface area contributed by atoms with Gasteiger partial charge in [-0.15, -0.1) is 0 Å². The van der Waals surface area contributed by atoms with Crippen LogP contribution in [-0.2, 0) is 4.79 Å². The smallest absolute Gasteiger partial charge is 0.325 e. The molecule has 22 heavy (non-hydrogen) atoms. The first-order chi connectivity index (χ1) is 10.4. The quantitative estimate of drug-likeness (QED) is 0.934. The summed E-state index contributed by atoms with van der Waals surface area (Å²) in [5.74, 6) is -0.836. The third-order valence-corrected chi connectivity index (χ3v) is 3.58. The molecule has 1 aromatic carbocycles. The van der Waals surface area contributed by atoms with Crippen LogP contribution in [0.25, 0.3) is 0 Å². The van der Waals surface area contributed by atoms with E-state index in [1.807, 2.05) is 6.07 Å². The highest BCUT2D eigenvalue weighted by atomic mass is 19.4. The van der Waals surface area contributed by atoms with E-state index in [0.717, 1.165) is 0 Å². The number of nitrogens with one attached hydrogen (secondary N) is 1. The molecule has 1 atom stereocenters. The van der Waals surface area contributed by atoms with Crippen LogP contribution in [0.15, 0.2) is 24.3 Å². The fraction of sp³-hybridized carbons (Fsp3) is 0.467. The van der Waals surface area contributed by atoms with Gasteiger partial charge in [-0.1, -0.05) is 12.1 Å². The number of rotatable bonds is 3. The van der Waals surface area contributed by atoms with E-state index in [1.165, 1.54) is 4.90 Å². The number of piperidine rings is 1. The lowest BCUT2D eigenvalue weighted by Crippen LogP contribution is -2.44. The van der Waals surface area contributed by atoms with Crippen LogP contribution in [0.1, 0.15) is 18.4 Å². The first-order valence-corrected chi connectivity index (χ1v) is 6.98. The summed E-state index contributed by atoms with van der Waals surface area (Å²) in [6.07, 6.45) is -3.16. The zero-order valence-corrected chi connectivity index (χ0v) is 11.9. The number of halogens is 3. The second-order valence-electron chi connectivity index (χ2n) is 5.34. The number of likely N-dealkylation sites (tertiary alicyclic amines) is 1. The predicted molar refractivity (Wildman–Crippen MR) is 75.0 cm³/mol. The van der Waals surface area contributed by atoms with Crippen molar-refractivity contribution in [2.45, 2.75) is 19.0 Å². The van der Waals surface area contributed by atoms with E-state index in [4.69, 9.17) is 5.26 Å². The summed E-state index contributed by atoms with van der Waals surface area (Å²) in [7, 11) is 0. The molecule has 2 rings (SSSR count).